The number of carbonyl (C=O) groups is 1. The summed E-state index contributed by atoms with van der Waals surface area (Å²) in [5, 5.41) is 13.4. The van der Waals surface area contributed by atoms with Crippen LogP contribution in [0.5, 0.6) is 0 Å². The quantitative estimate of drug-likeness (QED) is 0.845. The Labute approximate surface area is 123 Å². The molecule has 1 aliphatic rings. The smallest absolute Gasteiger partial charge is 0.335 e. The van der Waals surface area contributed by atoms with Crippen molar-refractivity contribution in [3.8, 4) is 0 Å². The van der Waals surface area contributed by atoms with Gasteiger partial charge in [-0.3, -0.25) is 5.43 Å². The van der Waals surface area contributed by atoms with Crippen LogP contribution in [-0.2, 0) is 6.42 Å². The minimum atomic E-state index is -0.922. The van der Waals surface area contributed by atoms with E-state index in [4.69, 9.17) is 5.11 Å². The van der Waals surface area contributed by atoms with Crippen molar-refractivity contribution in [1.29, 1.82) is 0 Å². The minimum absolute atomic E-state index is 0.274. The van der Waals surface area contributed by atoms with Crippen LogP contribution in [-0.4, -0.2) is 16.8 Å². The molecule has 0 aromatic heterocycles. The number of benzene rings is 2. The fourth-order valence-electron chi connectivity index (χ4n) is 2.54. The predicted octanol–water partition coefficient (Wildman–Crippen LogP) is 3.54. The van der Waals surface area contributed by atoms with Gasteiger partial charge in [0.25, 0.3) is 0 Å². The van der Waals surface area contributed by atoms with Crippen molar-refractivity contribution in [2.75, 3.05) is 5.43 Å². The van der Waals surface area contributed by atoms with Crippen LogP contribution in [0.25, 0.3) is 0 Å². The van der Waals surface area contributed by atoms with E-state index in [2.05, 4.69) is 28.7 Å². The van der Waals surface area contributed by atoms with E-state index in [-0.39, 0.29) is 5.56 Å². The number of hydrazone groups is 1. The lowest BCUT2D eigenvalue weighted by Gasteiger charge is -2.17. The lowest BCUT2D eigenvalue weighted by molar-refractivity contribution is 0.0697. The Bertz CT molecular complexity index is 690. The average molecular weight is 280 g/mol. The molecule has 2 aromatic carbocycles. The second-order valence-corrected chi connectivity index (χ2v) is 5.06. The van der Waals surface area contributed by atoms with Crippen LogP contribution < -0.4 is 5.43 Å². The molecule has 2 aromatic rings. The third kappa shape index (κ3) is 2.94. The van der Waals surface area contributed by atoms with E-state index in [0.29, 0.717) is 0 Å². The molecule has 0 fully saturated rings. The lowest BCUT2D eigenvalue weighted by Crippen LogP contribution is -2.13. The molecule has 2 N–H and O–H groups in total. The van der Waals surface area contributed by atoms with Crippen molar-refractivity contribution in [3.63, 3.8) is 0 Å². The fourth-order valence-corrected chi connectivity index (χ4v) is 2.54. The molecule has 0 bridgehead atoms. The molecule has 3 rings (SSSR count). The van der Waals surface area contributed by atoms with Crippen LogP contribution in [0.3, 0.4) is 0 Å². The molecule has 4 nitrogen and oxygen atoms in total. The van der Waals surface area contributed by atoms with E-state index in [9.17, 15) is 4.79 Å². The Balaban J connectivity index is 1.79. The first-order valence-corrected chi connectivity index (χ1v) is 6.98. The number of anilines is 1. The number of rotatable bonds is 3. The highest BCUT2D eigenvalue weighted by atomic mass is 16.4. The van der Waals surface area contributed by atoms with Crippen molar-refractivity contribution < 1.29 is 9.90 Å². The van der Waals surface area contributed by atoms with E-state index in [1.807, 2.05) is 6.07 Å². The molecule has 1 aliphatic carbocycles. The predicted molar refractivity (Wildman–Crippen MR) is 82.9 cm³/mol. The van der Waals surface area contributed by atoms with E-state index < -0.39 is 5.97 Å². The van der Waals surface area contributed by atoms with Gasteiger partial charge in [0.15, 0.2) is 0 Å². The molecular weight excluding hydrogens is 264 g/mol. The normalized spacial score (nSPS) is 15.5. The van der Waals surface area contributed by atoms with E-state index in [1.165, 1.54) is 11.1 Å². The number of nitrogens with one attached hydrogen (secondary N) is 1. The first-order chi connectivity index (χ1) is 10.2. The average Bonchev–Trinajstić information content (AvgIpc) is 2.53. The molecule has 4 heteroatoms. The molecular formula is C17H16N2O2. The highest BCUT2D eigenvalue weighted by Crippen LogP contribution is 2.21. The van der Waals surface area contributed by atoms with Crippen LogP contribution in [0.1, 0.15) is 34.3 Å². The van der Waals surface area contributed by atoms with Crippen molar-refractivity contribution in [3.05, 3.63) is 65.2 Å². The maximum atomic E-state index is 10.8. The summed E-state index contributed by atoms with van der Waals surface area (Å²) in [4.78, 5) is 10.8. The van der Waals surface area contributed by atoms with Crippen LogP contribution in [0.4, 0.5) is 5.69 Å². The molecule has 0 saturated carbocycles. The maximum absolute atomic E-state index is 10.8. The van der Waals surface area contributed by atoms with Gasteiger partial charge in [0, 0.05) is 5.56 Å². The molecule has 0 radical (unpaired) electrons. The third-order valence-corrected chi connectivity index (χ3v) is 3.64. The number of carboxylic acid groups (broad SMARTS) is 1. The van der Waals surface area contributed by atoms with Crippen LogP contribution in [0, 0.1) is 0 Å². The molecule has 0 atom stereocenters. The number of carboxylic acids is 1. The van der Waals surface area contributed by atoms with Crippen molar-refractivity contribution in [2.24, 2.45) is 5.10 Å². The van der Waals surface area contributed by atoms with Crippen molar-refractivity contribution in [2.45, 2.75) is 19.3 Å². The molecule has 0 spiro atoms. The van der Waals surface area contributed by atoms with Gasteiger partial charge in [-0.2, -0.15) is 5.10 Å². The van der Waals surface area contributed by atoms with Crippen LogP contribution in [0.15, 0.2) is 53.6 Å². The molecule has 0 heterocycles. The Morgan fingerprint density at radius 1 is 1.05 bits per heavy atom. The Hall–Kier alpha value is -2.62. The topological polar surface area (TPSA) is 61.7 Å². The van der Waals surface area contributed by atoms with Gasteiger partial charge in [0.05, 0.1) is 17.0 Å². The molecule has 0 aliphatic heterocycles. The first-order valence-electron chi connectivity index (χ1n) is 6.98. The number of hydrogen-bond donors (Lipinski definition) is 2. The van der Waals surface area contributed by atoms with Gasteiger partial charge in [0.2, 0.25) is 0 Å². The molecule has 0 unspecified atom stereocenters. The van der Waals surface area contributed by atoms with Gasteiger partial charge in [-0.1, -0.05) is 24.3 Å². The molecule has 106 valence electrons. The van der Waals surface area contributed by atoms with Gasteiger partial charge >= 0.3 is 5.97 Å². The van der Waals surface area contributed by atoms with Crippen LogP contribution in [0.2, 0.25) is 0 Å². The summed E-state index contributed by atoms with van der Waals surface area (Å²) in [7, 11) is 0. The minimum Gasteiger partial charge on any atom is -0.478 e. The summed E-state index contributed by atoms with van der Waals surface area (Å²) < 4.78 is 0. The molecule has 0 saturated heterocycles. The SMILES string of the molecule is O=C(O)c1ccc(NN=C2CCCc3ccccc32)cc1. The van der Waals surface area contributed by atoms with Crippen molar-refractivity contribution in [1.82, 2.24) is 0 Å². The number of fused-ring (bicyclic) bond motifs is 1. The maximum Gasteiger partial charge on any atom is 0.335 e. The molecule has 0 amide bonds. The second kappa shape index (κ2) is 5.79. The van der Waals surface area contributed by atoms with Gasteiger partial charge in [0.1, 0.15) is 0 Å². The van der Waals surface area contributed by atoms with E-state index >= 15 is 0 Å². The summed E-state index contributed by atoms with van der Waals surface area (Å²) in [5.74, 6) is -0.922. The van der Waals surface area contributed by atoms with E-state index in [0.717, 1.165) is 30.7 Å². The zero-order chi connectivity index (χ0) is 14.7. The van der Waals surface area contributed by atoms with E-state index in [1.54, 1.807) is 24.3 Å². The van der Waals surface area contributed by atoms with Gasteiger partial charge in [-0.05, 0) is 49.1 Å². The summed E-state index contributed by atoms with van der Waals surface area (Å²) in [6, 6.07) is 14.9. The van der Waals surface area contributed by atoms with Gasteiger partial charge in [-0.15, -0.1) is 0 Å². The first kappa shape index (κ1) is 13.4. The number of aromatic carboxylic acids is 1. The highest BCUT2D eigenvalue weighted by molar-refractivity contribution is 6.03. The zero-order valence-electron chi connectivity index (χ0n) is 11.5. The largest absolute Gasteiger partial charge is 0.478 e. The Kier molecular flexibility index (Phi) is 3.69. The number of hydrogen-bond acceptors (Lipinski definition) is 3. The van der Waals surface area contributed by atoms with Gasteiger partial charge < -0.3 is 5.11 Å². The number of nitrogens with zero attached hydrogens (tertiary/aromatic N) is 1. The summed E-state index contributed by atoms with van der Waals surface area (Å²) in [6.07, 6.45) is 3.16. The van der Waals surface area contributed by atoms with Crippen LogP contribution >= 0.6 is 0 Å². The summed E-state index contributed by atoms with van der Waals surface area (Å²) >= 11 is 0. The monoisotopic (exact) mass is 280 g/mol. The van der Waals surface area contributed by atoms with Gasteiger partial charge in [-0.25, -0.2) is 4.79 Å². The standard InChI is InChI=1S/C17H16N2O2/c20-17(21)13-8-10-14(11-9-13)18-19-16-7-3-5-12-4-1-2-6-15(12)16/h1-2,4,6,8-11,18H,3,5,7H2,(H,20,21). The highest BCUT2D eigenvalue weighted by Gasteiger charge is 2.14. The molecule has 21 heavy (non-hydrogen) atoms. The summed E-state index contributed by atoms with van der Waals surface area (Å²) in [6.45, 7) is 0. The Morgan fingerprint density at radius 3 is 2.57 bits per heavy atom. The Morgan fingerprint density at radius 2 is 1.81 bits per heavy atom. The summed E-state index contributed by atoms with van der Waals surface area (Å²) in [5.41, 5.74) is 7.68. The zero-order valence-corrected chi connectivity index (χ0v) is 11.5. The lowest BCUT2D eigenvalue weighted by atomic mass is 9.90. The van der Waals surface area contributed by atoms with Crippen molar-refractivity contribution >= 4 is 17.4 Å². The second-order valence-electron chi connectivity index (χ2n) is 5.06. The third-order valence-electron chi connectivity index (χ3n) is 3.64. The fraction of sp³-hybridized carbons (Fsp3) is 0.176. The number of aryl methyl sites for hydroxylation is 1.